The van der Waals surface area contributed by atoms with E-state index >= 15 is 0 Å². The Morgan fingerprint density at radius 3 is 1.28 bits per heavy atom. The minimum absolute atomic E-state index is 0.0411. The highest BCUT2D eigenvalue weighted by molar-refractivity contribution is 7.91. The standard InChI is InChI=1S/C16H12N2O6S/c19-17(20)11-9-13-1-5-15(6-2-13)25(23,24)16-7-3-14(4-8-16)10-12-18(21)22/h1-12H. The van der Waals surface area contributed by atoms with Gasteiger partial charge in [-0.2, -0.15) is 0 Å². The number of sulfone groups is 1. The summed E-state index contributed by atoms with van der Waals surface area (Å²) in [5, 5.41) is 20.6. The third-order valence-corrected chi connectivity index (χ3v) is 4.94. The third kappa shape index (κ3) is 4.82. The van der Waals surface area contributed by atoms with Crippen molar-refractivity contribution in [2.45, 2.75) is 9.79 Å². The van der Waals surface area contributed by atoms with Gasteiger partial charge in [-0.15, -0.1) is 0 Å². The van der Waals surface area contributed by atoms with E-state index in [0.29, 0.717) is 11.1 Å². The molecular weight excluding hydrogens is 348 g/mol. The average molecular weight is 360 g/mol. The SMILES string of the molecule is O=[N+]([O-])C=Cc1ccc(S(=O)(=O)c2ccc(C=C[N+](=O)[O-])cc2)cc1. The summed E-state index contributed by atoms with van der Waals surface area (Å²) in [6, 6.07) is 11.3. The molecule has 0 radical (unpaired) electrons. The molecule has 2 aromatic carbocycles. The summed E-state index contributed by atoms with van der Waals surface area (Å²) in [6.07, 6.45) is 4.04. The fraction of sp³-hybridized carbons (Fsp3) is 0. The Morgan fingerprint density at radius 2 is 1.00 bits per heavy atom. The van der Waals surface area contributed by atoms with Gasteiger partial charge in [0.15, 0.2) is 0 Å². The van der Waals surface area contributed by atoms with Crippen LogP contribution in [0.2, 0.25) is 0 Å². The predicted molar refractivity (Wildman–Crippen MR) is 90.4 cm³/mol. The Hall–Kier alpha value is -3.33. The van der Waals surface area contributed by atoms with Gasteiger partial charge in [-0.1, -0.05) is 24.3 Å². The number of rotatable bonds is 6. The van der Waals surface area contributed by atoms with Crippen molar-refractivity contribution >= 4 is 22.0 Å². The Kier molecular flexibility index (Phi) is 5.40. The summed E-state index contributed by atoms with van der Waals surface area (Å²) in [6.45, 7) is 0. The van der Waals surface area contributed by atoms with E-state index in [4.69, 9.17) is 0 Å². The van der Waals surface area contributed by atoms with Crippen molar-refractivity contribution in [3.8, 4) is 0 Å². The molecule has 0 saturated heterocycles. The van der Waals surface area contributed by atoms with Crippen molar-refractivity contribution in [3.05, 3.63) is 92.3 Å². The topological polar surface area (TPSA) is 120 Å². The zero-order valence-corrected chi connectivity index (χ0v) is 13.5. The van der Waals surface area contributed by atoms with E-state index in [2.05, 4.69) is 0 Å². The Bertz CT molecular complexity index is 872. The average Bonchev–Trinajstić information content (AvgIpc) is 2.59. The smallest absolute Gasteiger partial charge is 0.235 e. The van der Waals surface area contributed by atoms with Gasteiger partial charge in [0.1, 0.15) is 0 Å². The summed E-state index contributed by atoms with van der Waals surface area (Å²) in [5.41, 5.74) is 0.992. The lowest BCUT2D eigenvalue weighted by Gasteiger charge is -2.05. The molecule has 25 heavy (non-hydrogen) atoms. The van der Waals surface area contributed by atoms with Gasteiger partial charge in [-0.3, -0.25) is 20.2 Å². The fourth-order valence-corrected chi connectivity index (χ4v) is 3.21. The van der Waals surface area contributed by atoms with Crippen molar-refractivity contribution in [2.75, 3.05) is 0 Å². The maximum Gasteiger partial charge on any atom is 0.235 e. The van der Waals surface area contributed by atoms with Gasteiger partial charge in [0, 0.05) is 12.2 Å². The quantitative estimate of drug-likeness (QED) is 0.577. The first-order chi connectivity index (χ1) is 11.8. The summed E-state index contributed by atoms with van der Waals surface area (Å²) >= 11 is 0. The summed E-state index contributed by atoms with van der Waals surface area (Å²) < 4.78 is 25.1. The van der Waals surface area contributed by atoms with E-state index in [1.807, 2.05) is 0 Å². The highest BCUT2D eigenvalue weighted by Gasteiger charge is 2.17. The molecule has 9 heteroatoms. The number of hydrogen-bond donors (Lipinski definition) is 0. The molecule has 2 aromatic rings. The molecule has 0 fully saturated rings. The van der Waals surface area contributed by atoms with Crippen molar-refractivity contribution in [1.29, 1.82) is 0 Å². The molecule has 0 amide bonds. The van der Waals surface area contributed by atoms with Gasteiger partial charge in [-0.05, 0) is 35.4 Å². The first-order valence-electron chi connectivity index (χ1n) is 6.88. The Morgan fingerprint density at radius 1 is 0.680 bits per heavy atom. The molecular formula is C16H12N2O6S. The molecule has 8 nitrogen and oxygen atoms in total. The van der Waals surface area contributed by atoms with Crippen LogP contribution in [0.15, 0.2) is 70.7 Å². The number of benzene rings is 2. The second-order valence-electron chi connectivity index (χ2n) is 4.84. The van der Waals surface area contributed by atoms with Crippen LogP contribution in [-0.4, -0.2) is 18.3 Å². The fourth-order valence-electron chi connectivity index (χ4n) is 1.95. The predicted octanol–water partition coefficient (Wildman–Crippen LogP) is 3.01. The van der Waals surface area contributed by atoms with Gasteiger partial charge in [0.25, 0.3) is 0 Å². The van der Waals surface area contributed by atoms with E-state index in [1.54, 1.807) is 0 Å². The Balaban J connectivity index is 2.26. The number of nitro groups is 2. The minimum atomic E-state index is -3.75. The molecule has 0 saturated carbocycles. The van der Waals surface area contributed by atoms with Crippen LogP contribution >= 0.6 is 0 Å². The molecule has 128 valence electrons. The van der Waals surface area contributed by atoms with Crippen molar-refractivity contribution < 1.29 is 18.3 Å². The van der Waals surface area contributed by atoms with Crippen LogP contribution < -0.4 is 0 Å². The second kappa shape index (κ2) is 7.49. The zero-order valence-electron chi connectivity index (χ0n) is 12.7. The van der Waals surface area contributed by atoms with Crippen molar-refractivity contribution in [1.82, 2.24) is 0 Å². The molecule has 2 rings (SSSR count). The van der Waals surface area contributed by atoms with E-state index < -0.39 is 19.7 Å². The summed E-state index contributed by atoms with van der Waals surface area (Å²) in [4.78, 5) is 19.4. The van der Waals surface area contributed by atoms with Gasteiger partial charge in [0.2, 0.25) is 22.2 Å². The highest BCUT2D eigenvalue weighted by Crippen LogP contribution is 2.22. The number of nitrogens with zero attached hydrogens (tertiary/aromatic N) is 2. The highest BCUT2D eigenvalue weighted by atomic mass is 32.2. The van der Waals surface area contributed by atoms with Crippen LogP contribution in [0.1, 0.15) is 11.1 Å². The third-order valence-electron chi connectivity index (χ3n) is 3.16. The van der Waals surface area contributed by atoms with Crippen LogP contribution in [0, 0.1) is 20.2 Å². The maximum atomic E-state index is 12.5. The van der Waals surface area contributed by atoms with Crippen LogP contribution in [-0.2, 0) is 9.84 Å². The van der Waals surface area contributed by atoms with Crippen molar-refractivity contribution in [3.63, 3.8) is 0 Å². The molecule has 0 aliphatic carbocycles. The van der Waals surface area contributed by atoms with Crippen molar-refractivity contribution in [2.24, 2.45) is 0 Å². The normalized spacial score (nSPS) is 11.8. The molecule has 0 spiro atoms. The summed E-state index contributed by atoms with van der Waals surface area (Å²) in [7, 11) is -3.75. The van der Waals surface area contributed by atoms with Gasteiger partial charge < -0.3 is 0 Å². The molecule has 0 atom stereocenters. The Labute approximate surface area is 143 Å². The van der Waals surface area contributed by atoms with E-state index in [-0.39, 0.29) is 9.79 Å². The number of hydrogen-bond acceptors (Lipinski definition) is 6. The van der Waals surface area contributed by atoms with Gasteiger partial charge >= 0.3 is 0 Å². The van der Waals surface area contributed by atoms with Crippen LogP contribution in [0.3, 0.4) is 0 Å². The lowest BCUT2D eigenvalue weighted by atomic mass is 10.2. The monoisotopic (exact) mass is 360 g/mol. The zero-order chi connectivity index (χ0) is 18.4. The first kappa shape index (κ1) is 18.0. The maximum absolute atomic E-state index is 12.5. The van der Waals surface area contributed by atoms with E-state index in [9.17, 15) is 28.6 Å². The molecule has 0 N–H and O–H groups in total. The molecule has 0 unspecified atom stereocenters. The van der Waals surface area contributed by atoms with Crippen LogP contribution in [0.4, 0.5) is 0 Å². The summed E-state index contributed by atoms with van der Waals surface area (Å²) in [5.74, 6) is 0. The van der Waals surface area contributed by atoms with Gasteiger partial charge in [0.05, 0.1) is 19.6 Å². The van der Waals surface area contributed by atoms with E-state index in [0.717, 1.165) is 12.4 Å². The van der Waals surface area contributed by atoms with E-state index in [1.165, 1.54) is 60.7 Å². The molecule has 0 aromatic heterocycles. The minimum Gasteiger partial charge on any atom is -0.259 e. The molecule has 0 aliphatic heterocycles. The molecule has 0 aliphatic rings. The largest absolute Gasteiger partial charge is 0.259 e. The van der Waals surface area contributed by atoms with Crippen LogP contribution in [0.5, 0.6) is 0 Å². The molecule has 0 bridgehead atoms. The lowest BCUT2D eigenvalue weighted by molar-refractivity contribution is -0.401. The first-order valence-corrected chi connectivity index (χ1v) is 8.36. The second-order valence-corrected chi connectivity index (χ2v) is 6.79. The molecule has 0 heterocycles. The van der Waals surface area contributed by atoms with Crippen LogP contribution in [0.25, 0.3) is 12.2 Å². The van der Waals surface area contributed by atoms with Gasteiger partial charge in [-0.25, -0.2) is 8.42 Å². The lowest BCUT2D eigenvalue weighted by Crippen LogP contribution is -2.01.